The molecule has 0 aliphatic heterocycles. The maximum absolute atomic E-state index is 3.48. The van der Waals surface area contributed by atoms with Crippen molar-refractivity contribution >= 4 is 11.8 Å². The number of hydrogen-bond donors (Lipinski definition) is 0. The monoisotopic (exact) mass is 341 g/mol. The van der Waals surface area contributed by atoms with E-state index in [0.717, 1.165) is 12.2 Å². The van der Waals surface area contributed by atoms with Crippen LogP contribution < -0.4 is 0 Å². The molecule has 0 unspecified atom stereocenters. The molecule has 0 aromatic heterocycles. The second kappa shape index (κ2) is 22.6. The van der Waals surface area contributed by atoms with Crippen molar-refractivity contribution in [2.75, 3.05) is 5.75 Å². The Hall–Kier alpha value is 0.414. The first-order chi connectivity index (χ1) is 8.35. The third-order valence-corrected chi connectivity index (χ3v) is 2.98. The van der Waals surface area contributed by atoms with Crippen LogP contribution in [0.2, 0.25) is 0 Å². The van der Waals surface area contributed by atoms with E-state index in [4.69, 9.17) is 0 Å². The van der Waals surface area contributed by atoms with E-state index in [1.54, 1.807) is 0 Å². The second-order valence-corrected chi connectivity index (χ2v) is 4.34. The van der Waals surface area contributed by atoms with Gasteiger partial charge < -0.3 is 0 Å². The Morgan fingerprint density at radius 3 is 2.00 bits per heavy atom. The van der Waals surface area contributed by atoms with E-state index in [9.17, 15) is 0 Å². The van der Waals surface area contributed by atoms with Crippen LogP contribution in [0.5, 0.6) is 0 Å². The summed E-state index contributed by atoms with van der Waals surface area (Å²) in [5.41, 5.74) is 1.44. The maximum Gasteiger partial charge on any atom is 0.0184 e. The van der Waals surface area contributed by atoms with Crippen molar-refractivity contribution in [3.8, 4) is 0 Å². The molecule has 18 heavy (non-hydrogen) atoms. The molecular formula is C16H28SY. The van der Waals surface area contributed by atoms with Crippen LogP contribution in [0.25, 0.3) is 0 Å². The van der Waals surface area contributed by atoms with Crippen LogP contribution in [-0.4, -0.2) is 5.75 Å². The third kappa shape index (κ3) is 18.8. The van der Waals surface area contributed by atoms with E-state index in [1.807, 2.05) is 31.7 Å². The van der Waals surface area contributed by atoms with Gasteiger partial charge in [-0.05, 0) is 24.2 Å². The summed E-state index contributed by atoms with van der Waals surface area (Å²) in [4.78, 5) is 0. The minimum absolute atomic E-state index is 0. The van der Waals surface area contributed by atoms with Gasteiger partial charge in [0.1, 0.15) is 0 Å². The largest absolute Gasteiger partial charge is 0.157 e. The predicted molar refractivity (Wildman–Crippen MR) is 84.7 cm³/mol. The molecule has 1 aromatic carbocycles. The van der Waals surface area contributed by atoms with Crippen LogP contribution >= 0.6 is 11.8 Å². The quantitative estimate of drug-likeness (QED) is 0.472. The number of thioether (sulfide) groups is 1. The van der Waals surface area contributed by atoms with Gasteiger partial charge in [-0.15, -0.1) is 6.58 Å². The van der Waals surface area contributed by atoms with E-state index >= 15 is 0 Å². The molecule has 0 saturated carbocycles. The van der Waals surface area contributed by atoms with Crippen LogP contribution in [0.4, 0.5) is 0 Å². The van der Waals surface area contributed by atoms with Crippen LogP contribution in [0.15, 0.2) is 43.0 Å². The third-order valence-electron chi connectivity index (χ3n) is 1.75. The van der Waals surface area contributed by atoms with Gasteiger partial charge in [0.15, 0.2) is 0 Å². The Bertz CT molecular complexity index is 234. The number of rotatable bonds is 5. The van der Waals surface area contributed by atoms with Gasteiger partial charge in [-0.3, -0.25) is 0 Å². The molecule has 0 aliphatic rings. The molecule has 2 heteroatoms. The fraction of sp³-hybridized carbons (Fsp3) is 0.500. The number of benzene rings is 1. The molecule has 0 aliphatic carbocycles. The fourth-order valence-electron chi connectivity index (χ4n) is 0.909. The van der Waals surface area contributed by atoms with Gasteiger partial charge in [-0.25, -0.2) is 0 Å². The summed E-state index contributed by atoms with van der Waals surface area (Å²) in [6.07, 6.45) is 4.23. The predicted octanol–water partition coefficient (Wildman–Crippen LogP) is 5.94. The molecule has 0 fully saturated rings. The van der Waals surface area contributed by atoms with Crippen molar-refractivity contribution in [3.05, 3.63) is 48.6 Å². The standard InChI is InChI=1S/C10H14S.C4H8.C2H6.Y/c1-2-8-11-9-10-6-4-3-5-7-10;1-3-4-2;1-2;/h3-7H,2,8-9H2,1H3;3H,1,4H2,2H3;1-2H3;. The molecule has 0 nitrogen and oxygen atoms in total. The zero-order chi connectivity index (χ0) is 13.4. The Morgan fingerprint density at radius 2 is 1.61 bits per heavy atom. The zero-order valence-corrected chi connectivity index (χ0v) is 16.1. The summed E-state index contributed by atoms with van der Waals surface area (Å²) in [7, 11) is 0. The van der Waals surface area contributed by atoms with E-state index < -0.39 is 0 Å². The number of allylic oxidation sites excluding steroid dienone is 1. The first kappa shape index (κ1) is 23.5. The number of hydrogen-bond acceptors (Lipinski definition) is 1. The van der Waals surface area contributed by atoms with Gasteiger partial charge in [0.05, 0.1) is 0 Å². The first-order valence-electron chi connectivity index (χ1n) is 6.57. The smallest absolute Gasteiger partial charge is 0.0184 e. The summed E-state index contributed by atoms with van der Waals surface area (Å²) in [6.45, 7) is 11.8. The summed E-state index contributed by atoms with van der Waals surface area (Å²) < 4.78 is 0. The average Bonchev–Trinajstić information content (AvgIpc) is 2.43. The minimum Gasteiger partial charge on any atom is -0.157 e. The van der Waals surface area contributed by atoms with Gasteiger partial charge in [-0.1, -0.05) is 64.1 Å². The molecule has 0 spiro atoms. The van der Waals surface area contributed by atoms with Crippen molar-refractivity contribution in [2.24, 2.45) is 0 Å². The van der Waals surface area contributed by atoms with Crippen molar-refractivity contribution < 1.29 is 32.7 Å². The molecule has 1 aromatic rings. The molecule has 0 heterocycles. The Balaban J connectivity index is -0.000000277. The van der Waals surface area contributed by atoms with Crippen LogP contribution in [-0.2, 0) is 38.5 Å². The van der Waals surface area contributed by atoms with Crippen molar-refractivity contribution in [3.63, 3.8) is 0 Å². The average molecular weight is 341 g/mol. The fourth-order valence-corrected chi connectivity index (χ4v) is 1.77. The summed E-state index contributed by atoms with van der Waals surface area (Å²) in [6, 6.07) is 10.6. The van der Waals surface area contributed by atoms with Crippen molar-refractivity contribution in [2.45, 2.75) is 46.3 Å². The summed E-state index contributed by atoms with van der Waals surface area (Å²) >= 11 is 2.01. The molecular weight excluding hydrogens is 313 g/mol. The normalized spacial score (nSPS) is 7.78. The molecule has 0 N–H and O–H groups in total. The van der Waals surface area contributed by atoms with Crippen molar-refractivity contribution in [1.82, 2.24) is 0 Å². The van der Waals surface area contributed by atoms with Gasteiger partial charge >= 0.3 is 0 Å². The maximum atomic E-state index is 3.48. The van der Waals surface area contributed by atoms with Crippen LogP contribution in [0.3, 0.4) is 0 Å². The zero-order valence-electron chi connectivity index (χ0n) is 12.5. The molecule has 0 atom stereocenters. The molecule has 1 radical (unpaired) electrons. The molecule has 1 rings (SSSR count). The van der Waals surface area contributed by atoms with Gasteiger partial charge in [0.2, 0.25) is 0 Å². The topological polar surface area (TPSA) is 0 Å². The van der Waals surface area contributed by atoms with E-state index in [2.05, 4.69) is 50.8 Å². The van der Waals surface area contributed by atoms with Gasteiger partial charge in [0.25, 0.3) is 0 Å². The Labute approximate surface area is 144 Å². The first-order valence-corrected chi connectivity index (χ1v) is 7.73. The Kier molecular flexibility index (Phi) is 29.5. The van der Waals surface area contributed by atoms with Crippen LogP contribution in [0.1, 0.15) is 46.1 Å². The SMILES string of the molecule is C=CCC.CC.CCCSCc1ccccc1.[Y]. The van der Waals surface area contributed by atoms with Gasteiger partial charge in [-0.2, -0.15) is 11.8 Å². The summed E-state index contributed by atoms with van der Waals surface area (Å²) in [5.74, 6) is 2.43. The van der Waals surface area contributed by atoms with Crippen molar-refractivity contribution in [1.29, 1.82) is 0 Å². The molecule has 101 valence electrons. The second-order valence-electron chi connectivity index (χ2n) is 3.24. The van der Waals surface area contributed by atoms with Gasteiger partial charge in [0, 0.05) is 38.5 Å². The molecule has 0 bridgehead atoms. The molecule has 0 saturated heterocycles. The van der Waals surface area contributed by atoms with E-state index in [0.29, 0.717) is 0 Å². The molecule has 0 amide bonds. The van der Waals surface area contributed by atoms with E-state index in [1.165, 1.54) is 17.7 Å². The summed E-state index contributed by atoms with van der Waals surface area (Å²) in [5, 5.41) is 0. The van der Waals surface area contributed by atoms with Crippen LogP contribution in [0, 0.1) is 0 Å². The van der Waals surface area contributed by atoms with E-state index in [-0.39, 0.29) is 32.7 Å². The minimum atomic E-state index is 0. The Morgan fingerprint density at radius 1 is 1.11 bits per heavy atom.